The summed E-state index contributed by atoms with van der Waals surface area (Å²) in [4.78, 5) is 14.3. The number of hydrogen-bond acceptors (Lipinski definition) is 7. The number of nitrogens with two attached hydrogens (primary N) is 1. The maximum atomic E-state index is 12.4. The van der Waals surface area contributed by atoms with Crippen LogP contribution in [0.2, 0.25) is 0 Å². The van der Waals surface area contributed by atoms with Crippen molar-refractivity contribution in [2.75, 3.05) is 31.7 Å². The standard InChI is InChI=1S/C16H20N4O2S2/c1-22-13-5-3-2-4-12(13)11-6-8-20(9-7-11)14(21)10-23-16-19-18-15(17)24-16/h2-5,11H,6-10H2,1H3,(H2,17,18). The van der Waals surface area contributed by atoms with Gasteiger partial charge in [0.2, 0.25) is 11.0 Å². The third-order valence-corrected chi connectivity index (χ3v) is 6.04. The molecule has 1 aliphatic heterocycles. The summed E-state index contributed by atoms with van der Waals surface area (Å²) in [7, 11) is 1.70. The van der Waals surface area contributed by atoms with Crippen molar-refractivity contribution < 1.29 is 9.53 Å². The van der Waals surface area contributed by atoms with Crippen molar-refractivity contribution in [3.05, 3.63) is 29.8 Å². The van der Waals surface area contributed by atoms with E-state index in [0.29, 0.717) is 16.8 Å². The molecule has 6 nitrogen and oxygen atoms in total. The van der Waals surface area contributed by atoms with Crippen molar-refractivity contribution >= 4 is 34.1 Å². The van der Waals surface area contributed by atoms with Crippen molar-refractivity contribution in [2.45, 2.75) is 23.1 Å². The molecule has 1 fully saturated rings. The van der Waals surface area contributed by atoms with Crippen molar-refractivity contribution in [1.29, 1.82) is 0 Å². The Kier molecular flexibility index (Phi) is 5.57. The average Bonchev–Trinajstić information content (AvgIpc) is 3.05. The quantitative estimate of drug-likeness (QED) is 0.822. The fourth-order valence-electron chi connectivity index (χ4n) is 2.94. The molecule has 1 amide bonds. The van der Waals surface area contributed by atoms with Crippen LogP contribution in [0.1, 0.15) is 24.3 Å². The summed E-state index contributed by atoms with van der Waals surface area (Å²) in [6.07, 6.45) is 1.92. The van der Waals surface area contributed by atoms with Crippen molar-refractivity contribution in [1.82, 2.24) is 15.1 Å². The number of carbonyl (C=O) groups is 1. The van der Waals surface area contributed by atoms with E-state index >= 15 is 0 Å². The second kappa shape index (κ2) is 7.85. The molecule has 0 bridgehead atoms. The first-order chi connectivity index (χ1) is 11.7. The number of benzene rings is 1. The molecule has 0 spiro atoms. The molecule has 0 saturated carbocycles. The molecule has 2 heterocycles. The highest BCUT2D eigenvalue weighted by Crippen LogP contribution is 2.34. The van der Waals surface area contributed by atoms with E-state index in [1.54, 1.807) is 7.11 Å². The van der Waals surface area contributed by atoms with Gasteiger partial charge in [-0.1, -0.05) is 41.3 Å². The van der Waals surface area contributed by atoms with Gasteiger partial charge in [0.1, 0.15) is 5.75 Å². The van der Waals surface area contributed by atoms with Crippen LogP contribution in [0.4, 0.5) is 5.13 Å². The number of likely N-dealkylation sites (tertiary alicyclic amines) is 1. The van der Waals surface area contributed by atoms with Crippen LogP contribution in [0.3, 0.4) is 0 Å². The summed E-state index contributed by atoms with van der Waals surface area (Å²) in [6.45, 7) is 1.56. The van der Waals surface area contributed by atoms with Gasteiger partial charge in [0, 0.05) is 13.1 Å². The van der Waals surface area contributed by atoms with Gasteiger partial charge in [-0.2, -0.15) is 0 Å². The third kappa shape index (κ3) is 3.99. The van der Waals surface area contributed by atoms with Gasteiger partial charge in [0.15, 0.2) is 4.34 Å². The van der Waals surface area contributed by atoms with Crippen molar-refractivity contribution in [3.8, 4) is 5.75 Å². The molecule has 3 rings (SSSR count). The number of carbonyl (C=O) groups excluding carboxylic acids is 1. The number of anilines is 1. The van der Waals surface area contributed by atoms with Crippen molar-refractivity contribution in [3.63, 3.8) is 0 Å². The zero-order valence-electron chi connectivity index (χ0n) is 13.5. The second-order valence-corrected chi connectivity index (χ2v) is 7.82. The highest BCUT2D eigenvalue weighted by atomic mass is 32.2. The van der Waals surface area contributed by atoms with Crippen LogP contribution in [-0.4, -0.2) is 47.0 Å². The zero-order chi connectivity index (χ0) is 16.9. The summed E-state index contributed by atoms with van der Waals surface area (Å²) in [5.41, 5.74) is 6.79. The SMILES string of the molecule is COc1ccccc1C1CCN(C(=O)CSc2nnc(N)s2)CC1. The number of nitrogen functional groups attached to an aromatic ring is 1. The second-order valence-electron chi connectivity index (χ2n) is 5.59. The van der Waals surface area contributed by atoms with E-state index in [0.717, 1.165) is 36.0 Å². The van der Waals surface area contributed by atoms with Crippen LogP contribution in [0.25, 0.3) is 0 Å². The van der Waals surface area contributed by atoms with Gasteiger partial charge in [-0.15, -0.1) is 10.2 Å². The minimum Gasteiger partial charge on any atom is -0.496 e. The lowest BCUT2D eigenvalue weighted by Crippen LogP contribution is -2.39. The summed E-state index contributed by atoms with van der Waals surface area (Å²) in [5.74, 6) is 1.91. The first-order valence-corrected chi connectivity index (χ1v) is 9.60. The number of rotatable bonds is 5. The predicted octanol–water partition coefficient (Wildman–Crippen LogP) is 2.63. The maximum Gasteiger partial charge on any atom is 0.233 e. The Hall–Kier alpha value is -1.80. The van der Waals surface area contributed by atoms with Crippen LogP contribution in [0.5, 0.6) is 5.75 Å². The molecule has 0 radical (unpaired) electrons. The monoisotopic (exact) mass is 364 g/mol. The lowest BCUT2D eigenvalue weighted by atomic mass is 9.89. The lowest BCUT2D eigenvalue weighted by Gasteiger charge is -2.32. The number of amides is 1. The Balaban J connectivity index is 1.52. The number of ether oxygens (including phenoxy) is 1. The number of nitrogens with zero attached hydrogens (tertiary/aromatic N) is 3. The summed E-state index contributed by atoms with van der Waals surface area (Å²) in [6, 6.07) is 8.15. The third-order valence-electron chi connectivity index (χ3n) is 4.17. The number of thioether (sulfide) groups is 1. The van der Waals surface area contributed by atoms with Crippen LogP contribution in [-0.2, 0) is 4.79 Å². The average molecular weight is 364 g/mol. The molecule has 0 atom stereocenters. The Labute approximate surface area is 149 Å². The highest BCUT2D eigenvalue weighted by Gasteiger charge is 2.25. The zero-order valence-corrected chi connectivity index (χ0v) is 15.1. The number of hydrogen-bond donors (Lipinski definition) is 1. The topological polar surface area (TPSA) is 81.3 Å². The fraction of sp³-hybridized carbons (Fsp3) is 0.438. The van der Waals surface area contributed by atoms with Gasteiger partial charge < -0.3 is 15.4 Å². The van der Waals surface area contributed by atoms with E-state index in [1.165, 1.54) is 28.7 Å². The summed E-state index contributed by atoms with van der Waals surface area (Å²) in [5, 5.41) is 8.11. The maximum absolute atomic E-state index is 12.4. The molecule has 128 valence electrons. The van der Waals surface area contributed by atoms with Crippen LogP contribution < -0.4 is 10.5 Å². The van der Waals surface area contributed by atoms with Gasteiger partial charge in [0.25, 0.3) is 0 Å². The van der Waals surface area contributed by atoms with Crippen LogP contribution in [0, 0.1) is 0 Å². The van der Waals surface area contributed by atoms with E-state index in [9.17, 15) is 4.79 Å². The predicted molar refractivity (Wildman–Crippen MR) is 96.6 cm³/mol. The Morgan fingerprint density at radius 2 is 2.12 bits per heavy atom. The first kappa shape index (κ1) is 17.0. The lowest BCUT2D eigenvalue weighted by molar-refractivity contribution is -0.129. The van der Waals surface area contributed by atoms with Gasteiger partial charge in [0.05, 0.1) is 12.9 Å². The van der Waals surface area contributed by atoms with Gasteiger partial charge >= 0.3 is 0 Å². The minimum absolute atomic E-state index is 0.146. The Morgan fingerprint density at radius 1 is 1.38 bits per heavy atom. The highest BCUT2D eigenvalue weighted by molar-refractivity contribution is 8.01. The van der Waals surface area contributed by atoms with E-state index in [1.807, 2.05) is 23.1 Å². The molecule has 0 unspecified atom stereocenters. The normalized spacial score (nSPS) is 15.5. The largest absolute Gasteiger partial charge is 0.496 e. The molecule has 2 aromatic rings. The summed E-state index contributed by atoms with van der Waals surface area (Å²) < 4.78 is 6.20. The van der Waals surface area contributed by atoms with E-state index in [4.69, 9.17) is 10.5 Å². The van der Waals surface area contributed by atoms with Crippen molar-refractivity contribution in [2.24, 2.45) is 0 Å². The van der Waals surface area contributed by atoms with E-state index in [-0.39, 0.29) is 5.91 Å². The van der Waals surface area contributed by atoms with Crippen LogP contribution in [0.15, 0.2) is 28.6 Å². The Bertz CT molecular complexity index is 699. The molecule has 1 aliphatic rings. The molecule has 1 aromatic carbocycles. The molecule has 24 heavy (non-hydrogen) atoms. The number of aromatic nitrogens is 2. The van der Waals surface area contributed by atoms with Gasteiger partial charge in [-0.3, -0.25) is 4.79 Å². The van der Waals surface area contributed by atoms with Crippen LogP contribution >= 0.6 is 23.1 Å². The molecule has 2 N–H and O–H groups in total. The van der Waals surface area contributed by atoms with E-state index < -0.39 is 0 Å². The number of methoxy groups -OCH3 is 1. The summed E-state index contributed by atoms with van der Waals surface area (Å²) >= 11 is 2.71. The molecular formula is C16H20N4O2S2. The first-order valence-electron chi connectivity index (χ1n) is 7.80. The molecule has 1 saturated heterocycles. The van der Waals surface area contributed by atoms with Gasteiger partial charge in [-0.05, 0) is 30.4 Å². The number of piperidine rings is 1. The van der Waals surface area contributed by atoms with E-state index in [2.05, 4.69) is 16.3 Å². The number of para-hydroxylation sites is 1. The molecular weight excluding hydrogens is 344 g/mol. The molecule has 0 aliphatic carbocycles. The fourth-order valence-corrected chi connectivity index (χ4v) is 4.48. The molecule has 8 heteroatoms. The minimum atomic E-state index is 0.146. The Morgan fingerprint density at radius 3 is 2.79 bits per heavy atom. The molecule has 1 aromatic heterocycles. The van der Waals surface area contributed by atoms with Gasteiger partial charge in [-0.25, -0.2) is 0 Å². The smallest absolute Gasteiger partial charge is 0.233 e.